The first-order valence-corrected chi connectivity index (χ1v) is 18.7. The Labute approximate surface area is 313 Å². The van der Waals surface area contributed by atoms with Crippen LogP contribution in [0.25, 0.3) is 71.2 Å². The lowest BCUT2D eigenvalue weighted by atomic mass is 9.67. The molecule has 0 saturated heterocycles. The van der Waals surface area contributed by atoms with Crippen molar-refractivity contribution in [3.8, 4) is 22.8 Å². The van der Waals surface area contributed by atoms with Crippen LogP contribution in [0.5, 0.6) is 0 Å². The molecular formula is C47H26N6S. The van der Waals surface area contributed by atoms with Gasteiger partial charge in [-0.1, -0.05) is 90.6 Å². The van der Waals surface area contributed by atoms with E-state index in [1.165, 1.54) is 31.7 Å². The number of aromatic nitrogens is 5. The number of rotatable bonds is 2. The van der Waals surface area contributed by atoms with E-state index in [0.717, 1.165) is 66.7 Å². The SMILES string of the molecule is [C-]#[N+]c1ccc2c(c1)c1ccccc1n2-c1cccc2c1Sc1c(-n3c4ccccc4c4ccncc43)cccc1C21c2cccnc2-c2ncccc21. The van der Waals surface area contributed by atoms with Gasteiger partial charge in [-0.15, -0.1) is 0 Å². The Morgan fingerprint density at radius 1 is 0.500 bits per heavy atom. The maximum Gasteiger partial charge on any atom is 0.188 e. The zero-order chi connectivity index (χ0) is 35.5. The van der Waals surface area contributed by atoms with E-state index in [9.17, 15) is 0 Å². The molecule has 1 spiro atoms. The molecule has 0 amide bonds. The molecule has 0 saturated carbocycles. The zero-order valence-electron chi connectivity index (χ0n) is 28.6. The predicted molar refractivity (Wildman–Crippen MR) is 216 cm³/mol. The Balaban J connectivity index is 1.25. The van der Waals surface area contributed by atoms with Crippen molar-refractivity contribution in [1.29, 1.82) is 0 Å². The van der Waals surface area contributed by atoms with E-state index in [1.807, 2.05) is 48.7 Å². The third kappa shape index (κ3) is 3.62. The van der Waals surface area contributed by atoms with E-state index in [0.29, 0.717) is 5.69 Å². The fourth-order valence-electron chi connectivity index (χ4n) is 9.34. The van der Waals surface area contributed by atoms with Crippen molar-refractivity contribution in [2.24, 2.45) is 0 Å². The molecule has 54 heavy (non-hydrogen) atoms. The molecule has 6 nitrogen and oxygen atoms in total. The molecule has 12 rings (SSSR count). The molecule has 7 heteroatoms. The van der Waals surface area contributed by atoms with Crippen molar-refractivity contribution >= 4 is 61.1 Å². The number of hydrogen-bond donors (Lipinski definition) is 0. The Morgan fingerprint density at radius 2 is 1.06 bits per heavy atom. The molecule has 0 radical (unpaired) electrons. The second-order valence-electron chi connectivity index (χ2n) is 13.9. The van der Waals surface area contributed by atoms with E-state index in [-0.39, 0.29) is 0 Å². The fraction of sp³-hybridized carbons (Fsp3) is 0.0213. The van der Waals surface area contributed by atoms with Gasteiger partial charge in [0.15, 0.2) is 5.69 Å². The minimum absolute atomic E-state index is 0.632. The Kier molecular flexibility index (Phi) is 5.89. The maximum atomic E-state index is 7.78. The highest BCUT2D eigenvalue weighted by Crippen LogP contribution is 2.63. The van der Waals surface area contributed by atoms with Crippen molar-refractivity contribution in [2.75, 3.05) is 0 Å². The van der Waals surface area contributed by atoms with Gasteiger partial charge in [0.2, 0.25) is 0 Å². The Hall–Kier alpha value is -7.01. The van der Waals surface area contributed by atoms with Gasteiger partial charge in [0, 0.05) is 44.5 Å². The molecule has 5 aromatic carbocycles. The van der Waals surface area contributed by atoms with E-state index < -0.39 is 5.41 Å². The summed E-state index contributed by atoms with van der Waals surface area (Å²) in [5, 5.41) is 4.55. The number of pyridine rings is 3. The summed E-state index contributed by atoms with van der Waals surface area (Å²) < 4.78 is 4.78. The average molecular weight is 707 g/mol. The van der Waals surface area contributed by atoms with Gasteiger partial charge in [-0.3, -0.25) is 15.0 Å². The van der Waals surface area contributed by atoms with Crippen molar-refractivity contribution in [2.45, 2.75) is 15.2 Å². The standard InChI is InChI=1S/C47H26N6S/c1-48-28-20-21-39-32(26-28)30-11-3-5-17-38(30)52(39)40-18-6-12-35-45(40)54-46-36(47(35)33-14-8-23-50-43(33)44-34(47)15-9-24-51-44)13-7-19-41(46)53-37-16-4-2-10-29(37)31-22-25-49-27-42(31)53/h2-27H. The lowest BCUT2D eigenvalue weighted by molar-refractivity contribution is 0.714. The van der Waals surface area contributed by atoms with Gasteiger partial charge in [0.05, 0.1) is 63.0 Å². The normalized spacial score (nSPS) is 13.6. The van der Waals surface area contributed by atoms with Crippen LogP contribution in [-0.4, -0.2) is 24.1 Å². The summed E-state index contributed by atoms with van der Waals surface area (Å²) in [5.74, 6) is 0. The van der Waals surface area contributed by atoms with Crippen molar-refractivity contribution in [1.82, 2.24) is 24.1 Å². The van der Waals surface area contributed by atoms with Crippen LogP contribution in [0.15, 0.2) is 168 Å². The third-order valence-electron chi connectivity index (χ3n) is 11.4. The number of nitrogens with zero attached hydrogens (tertiary/aromatic N) is 6. The van der Waals surface area contributed by atoms with Crippen molar-refractivity contribution < 1.29 is 0 Å². The van der Waals surface area contributed by atoms with Crippen molar-refractivity contribution in [3.05, 3.63) is 192 Å². The minimum Gasteiger partial charge on any atom is -0.308 e. The summed E-state index contributed by atoms with van der Waals surface area (Å²) in [6, 6.07) is 47.4. The first kappa shape index (κ1) is 29.6. The molecule has 0 fully saturated rings. The molecule has 1 aliphatic carbocycles. The van der Waals surface area contributed by atoms with Crippen LogP contribution >= 0.6 is 11.8 Å². The Morgan fingerprint density at radius 3 is 1.70 bits per heavy atom. The Bertz CT molecular complexity index is 3190. The topological polar surface area (TPSA) is 52.9 Å². The quantitative estimate of drug-likeness (QED) is 0.168. The van der Waals surface area contributed by atoms with Crippen LogP contribution in [0, 0.1) is 6.57 Å². The highest BCUT2D eigenvalue weighted by molar-refractivity contribution is 7.99. The van der Waals surface area contributed by atoms with Crippen molar-refractivity contribution in [3.63, 3.8) is 0 Å². The van der Waals surface area contributed by atoms with Gasteiger partial charge in [-0.05, 0) is 82.2 Å². The number of fused-ring (bicyclic) bond motifs is 15. The van der Waals surface area contributed by atoms with Crippen LogP contribution in [0.1, 0.15) is 22.3 Å². The highest BCUT2D eigenvalue weighted by atomic mass is 32.2. The van der Waals surface area contributed by atoms with Crippen LogP contribution in [0.4, 0.5) is 5.69 Å². The summed E-state index contributed by atoms with van der Waals surface area (Å²) in [5.41, 5.74) is 13.0. The molecule has 5 aromatic heterocycles. The van der Waals surface area contributed by atoms with Gasteiger partial charge in [-0.25, -0.2) is 4.85 Å². The van der Waals surface area contributed by atoms with Crippen LogP contribution in [0.3, 0.4) is 0 Å². The molecule has 6 heterocycles. The summed E-state index contributed by atoms with van der Waals surface area (Å²) in [6.45, 7) is 7.78. The molecule has 0 bridgehead atoms. The van der Waals surface area contributed by atoms with E-state index in [1.54, 1.807) is 0 Å². The maximum absolute atomic E-state index is 7.78. The lowest BCUT2D eigenvalue weighted by Gasteiger charge is -2.40. The summed E-state index contributed by atoms with van der Waals surface area (Å²) in [7, 11) is 0. The molecule has 250 valence electrons. The molecule has 0 atom stereocenters. The van der Waals surface area contributed by atoms with Gasteiger partial charge in [-0.2, -0.15) is 0 Å². The van der Waals surface area contributed by atoms with Crippen LogP contribution < -0.4 is 0 Å². The highest BCUT2D eigenvalue weighted by Gasteiger charge is 2.52. The smallest absolute Gasteiger partial charge is 0.188 e. The fourth-order valence-corrected chi connectivity index (χ4v) is 10.7. The predicted octanol–water partition coefficient (Wildman–Crippen LogP) is 11.4. The largest absolute Gasteiger partial charge is 0.308 e. The lowest BCUT2D eigenvalue weighted by Crippen LogP contribution is -2.33. The third-order valence-corrected chi connectivity index (χ3v) is 12.7. The van der Waals surface area contributed by atoms with Gasteiger partial charge >= 0.3 is 0 Å². The summed E-state index contributed by atoms with van der Waals surface area (Å²) in [4.78, 5) is 20.8. The zero-order valence-corrected chi connectivity index (χ0v) is 29.4. The average Bonchev–Trinajstić information content (AvgIpc) is 3.85. The first-order valence-electron chi connectivity index (χ1n) is 17.9. The molecule has 0 N–H and O–H groups in total. The monoisotopic (exact) mass is 706 g/mol. The van der Waals surface area contributed by atoms with E-state index in [2.05, 4.69) is 140 Å². The van der Waals surface area contributed by atoms with Crippen LogP contribution in [0.2, 0.25) is 0 Å². The molecule has 0 unspecified atom stereocenters. The minimum atomic E-state index is -0.692. The molecule has 10 aromatic rings. The second kappa shape index (κ2) is 10.8. The number of benzene rings is 5. The summed E-state index contributed by atoms with van der Waals surface area (Å²) >= 11 is 1.83. The van der Waals surface area contributed by atoms with Gasteiger partial charge < -0.3 is 9.13 Å². The van der Waals surface area contributed by atoms with Crippen LogP contribution in [-0.2, 0) is 5.41 Å². The summed E-state index contributed by atoms with van der Waals surface area (Å²) in [6.07, 6.45) is 7.62. The molecular weight excluding hydrogens is 681 g/mol. The molecule has 1 aliphatic heterocycles. The van der Waals surface area contributed by atoms with Gasteiger partial charge in [0.1, 0.15) is 0 Å². The molecule has 2 aliphatic rings. The van der Waals surface area contributed by atoms with E-state index in [4.69, 9.17) is 16.5 Å². The second-order valence-corrected chi connectivity index (χ2v) is 14.9. The first-order chi connectivity index (χ1) is 26.8. The van der Waals surface area contributed by atoms with E-state index >= 15 is 0 Å². The number of para-hydroxylation sites is 2. The van der Waals surface area contributed by atoms with Gasteiger partial charge in [0.25, 0.3) is 0 Å². The number of hydrogen-bond acceptors (Lipinski definition) is 4.